The zero-order valence-corrected chi connectivity index (χ0v) is 18.9. The van der Waals surface area contributed by atoms with Crippen molar-refractivity contribution in [3.63, 3.8) is 0 Å². The number of benzene rings is 1. The van der Waals surface area contributed by atoms with Gasteiger partial charge in [-0.15, -0.1) is 0 Å². The summed E-state index contributed by atoms with van der Waals surface area (Å²) in [5.74, 6) is -0.533. The normalized spacial score (nSPS) is 10.5. The molecule has 33 heavy (non-hydrogen) atoms. The Labute approximate surface area is 195 Å². The van der Waals surface area contributed by atoms with Crippen molar-refractivity contribution >= 4 is 35.1 Å². The maximum Gasteiger partial charge on any atom is 0.306 e. The Bertz CT molecular complexity index is 1200. The summed E-state index contributed by atoms with van der Waals surface area (Å²) >= 11 is 5.80. The van der Waals surface area contributed by atoms with Crippen LogP contribution in [0.4, 0.5) is 5.82 Å². The number of carbonyl (C=O) groups excluding carboxylic acids is 3. The van der Waals surface area contributed by atoms with Crippen molar-refractivity contribution in [2.45, 2.75) is 33.2 Å². The molecule has 0 radical (unpaired) electrons. The van der Waals surface area contributed by atoms with Crippen LogP contribution in [0.1, 0.15) is 45.8 Å². The van der Waals surface area contributed by atoms with E-state index >= 15 is 0 Å². The predicted molar refractivity (Wildman–Crippen MR) is 121 cm³/mol. The molecule has 0 atom stereocenters. The van der Waals surface area contributed by atoms with E-state index in [2.05, 4.69) is 11.4 Å². The van der Waals surface area contributed by atoms with Gasteiger partial charge in [0.1, 0.15) is 17.6 Å². The fraction of sp³-hybridized carbons (Fsp3) is 0.250. The van der Waals surface area contributed by atoms with Gasteiger partial charge in [-0.25, -0.2) is 0 Å². The summed E-state index contributed by atoms with van der Waals surface area (Å²) in [5, 5.41) is 12.7. The van der Waals surface area contributed by atoms with Gasteiger partial charge < -0.3 is 19.0 Å². The van der Waals surface area contributed by atoms with Crippen LogP contribution in [-0.2, 0) is 20.9 Å². The van der Waals surface area contributed by atoms with Crippen molar-refractivity contribution in [1.82, 2.24) is 4.57 Å². The van der Waals surface area contributed by atoms with Crippen molar-refractivity contribution < 1.29 is 23.5 Å². The molecule has 3 rings (SSSR count). The van der Waals surface area contributed by atoms with Gasteiger partial charge in [-0.2, -0.15) is 5.26 Å². The van der Waals surface area contributed by atoms with Gasteiger partial charge >= 0.3 is 5.97 Å². The van der Waals surface area contributed by atoms with Crippen molar-refractivity contribution in [2.75, 3.05) is 11.9 Å². The number of Topliss-reactive ketones (excluding diaryl/α,β-unsaturated/α-hetero) is 1. The summed E-state index contributed by atoms with van der Waals surface area (Å²) in [4.78, 5) is 36.6. The molecule has 1 N–H and O–H groups in total. The van der Waals surface area contributed by atoms with E-state index in [-0.39, 0.29) is 18.6 Å². The van der Waals surface area contributed by atoms with Crippen LogP contribution < -0.4 is 5.32 Å². The largest absolute Gasteiger partial charge is 0.467 e. The molecule has 2 aromatic heterocycles. The van der Waals surface area contributed by atoms with E-state index in [1.165, 1.54) is 0 Å². The number of halogens is 1. The van der Waals surface area contributed by atoms with E-state index in [1.54, 1.807) is 54.2 Å². The van der Waals surface area contributed by atoms with Gasteiger partial charge in [0.05, 0.1) is 24.8 Å². The summed E-state index contributed by atoms with van der Waals surface area (Å²) in [6.45, 7) is 3.42. The first-order chi connectivity index (χ1) is 15.8. The Kier molecular flexibility index (Phi) is 7.70. The van der Waals surface area contributed by atoms with E-state index in [9.17, 15) is 19.6 Å². The first kappa shape index (κ1) is 23.8. The van der Waals surface area contributed by atoms with Crippen molar-refractivity contribution in [2.24, 2.45) is 0 Å². The van der Waals surface area contributed by atoms with Crippen LogP contribution in [0.3, 0.4) is 0 Å². The lowest BCUT2D eigenvalue weighted by Crippen LogP contribution is -2.23. The minimum atomic E-state index is -0.675. The van der Waals surface area contributed by atoms with Gasteiger partial charge in [0.2, 0.25) is 0 Å². The highest BCUT2D eigenvalue weighted by molar-refractivity contribution is 6.30. The van der Waals surface area contributed by atoms with Gasteiger partial charge in [-0.1, -0.05) is 11.6 Å². The fourth-order valence-corrected chi connectivity index (χ4v) is 3.39. The molecule has 3 aromatic rings. The van der Waals surface area contributed by atoms with E-state index in [0.29, 0.717) is 34.3 Å². The summed E-state index contributed by atoms with van der Waals surface area (Å²) in [5.41, 5.74) is 2.30. The number of furan rings is 1. The Morgan fingerprint density at radius 3 is 2.52 bits per heavy atom. The molecule has 0 saturated carbocycles. The zero-order valence-electron chi connectivity index (χ0n) is 18.2. The smallest absolute Gasteiger partial charge is 0.306 e. The van der Waals surface area contributed by atoms with E-state index in [0.717, 1.165) is 11.3 Å². The molecule has 0 fully saturated rings. The van der Waals surface area contributed by atoms with Gasteiger partial charge in [0.15, 0.2) is 12.4 Å². The second-order valence-corrected chi connectivity index (χ2v) is 7.79. The maximum atomic E-state index is 12.4. The zero-order chi connectivity index (χ0) is 24.0. The monoisotopic (exact) mass is 467 g/mol. The van der Waals surface area contributed by atoms with Crippen LogP contribution in [0, 0.1) is 25.2 Å². The second kappa shape index (κ2) is 10.7. The topological polar surface area (TPSA) is 114 Å². The molecule has 0 aliphatic rings. The van der Waals surface area contributed by atoms with Crippen LogP contribution in [0.25, 0.3) is 0 Å². The van der Waals surface area contributed by atoms with Crippen LogP contribution in [0.5, 0.6) is 0 Å². The average Bonchev–Trinajstić information content (AvgIpc) is 3.39. The number of anilines is 1. The highest BCUT2D eigenvalue weighted by Crippen LogP contribution is 2.27. The standard InChI is InChI=1S/C24H22ClN3O5/c1-15-16(2)28(13-19-4-3-11-32-19)24(20(15)12-26)27-22(30)14-33-23(31)10-9-21(29)17-5-7-18(25)8-6-17/h3-8,11H,9-10,13-14H2,1-2H3,(H,27,30). The highest BCUT2D eigenvalue weighted by atomic mass is 35.5. The number of esters is 1. The predicted octanol–water partition coefficient (Wildman–Crippen LogP) is 4.42. The lowest BCUT2D eigenvalue weighted by Gasteiger charge is -2.12. The molecule has 0 bridgehead atoms. The number of nitrogens with zero attached hydrogens (tertiary/aromatic N) is 2. The van der Waals surface area contributed by atoms with Crippen molar-refractivity contribution in [1.29, 1.82) is 5.26 Å². The molecule has 0 spiro atoms. The third-order valence-electron chi connectivity index (χ3n) is 5.18. The van der Waals surface area contributed by atoms with Gasteiger partial charge in [-0.05, 0) is 55.8 Å². The van der Waals surface area contributed by atoms with Gasteiger partial charge in [-0.3, -0.25) is 14.4 Å². The minimum Gasteiger partial charge on any atom is -0.467 e. The molecule has 0 aliphatic heterocycles. The summed E-state index contributed by atoms with van der Waals surface area (Å²) in [6.07, 6.45) is 1.33. The Morgan fingerprint density at radius 1 is 1.15 bits per heavy atom. The molecule has 1 aromatic carbocycles. The number of nitrogens with one attached hydrogen (secondary N) is 1. The Hall–Kier alpha value is -3.83. The molecule has 9 heteroatoms. The van der Waals surface area contributed by atoms with Crippen molar-refractivity contribution in [3.8, 4) is 6.07 Å². The molecule has 0 unspecified atom stereocenters. The number of hydrogen-bond acceptors (Lipinski definition) is 6. The minimum absolute atomic E-state index is 0.0505. The number of ether oxygens (including phenoxy) is 1. The number of amides is 1. The molecular weight excluding hydrogens is 446 g/mol. The van der Waals surface area contributed by atoms with Gasteiger partial charge in [0, 0.05) is 22.7 Å². The molecular formula is C24H22ClN3O5. The first-order valence-electron chi connectivity index (χ1n) is 10.2. The average molecular weight is 468 g/mol. The SMILES string of the molecule is Cc1c(C#N)c(NC(=O)COC(=O)CCC(=O)c2ccc(Cl)cc2)n(Cc2ccco2)c1C. The number of aromatic nitrogens is 1. The quantitative estimate of drug-likeness (QED) is 0.368. The van der Waals surface area contributed by atoms with Crippen LogP contribution in [0.2, 0.25) is 5.02 Å². The van der Waals surface area contributed by atoms with Crippen LogP contribution >= 0.6 is 11.6 Å². The molecule has 0 aliphatic carbocycles. The lowest BCUT2D eigenvalue weighted by molar-refractivity contribution is -0.147. The van der Waals surface area contributed by atoms with E-state index in [4.69, 9.17) is 20.8 Å². The number of ketones is 1. The Morgan fingerprint density at radius 2 is 1.88 bits per heavy atom. The number of nitriles is 1. The second-order valence-electron chi connectivity index (χ2n) is 7.35. The maximum absolute atomic E-state index is 12.4. The third kappa shape index (κ3) is 5.90. The van der Waals surface area contributed by atoms with E-state index < -0.39 is 18.5 Å². The molecule has 0 saturated heterocycles. The van der Waals surface area contributed by atoms with E-state index in [1.807, 2.05) is 6.92 Å². The third-order valence-corrected chi connectivity index (χ3v) is 5.43. The molecule has 8 nitrogen and oxygen atoms in total. The fourth-order valence-electron chi connectivity index (χ4n) is 3.27. The first-order valence-corrected chi connectivity index (χ1v) is 10.5. The molecule has 170 valence electrons. The summed E-state index contributed by atoms with van der Waals surface area (Å²) < 4.78 is 12.1. The number of rotatable bonds is 9. The lowest BCUT2D eigenvalue weighted by atomic mass is 10.1. The highest BCUT2D eigenvalue weighted by Gasteiger charge is 2.21. The van der Waals surface area contributed by atoms with Crippen molar-refractivity contribution in [3.05, 3.63) is 75.8 Å². The molecule has 1 amide bonds. The number of carbonyl (C=O) groups is 3. The summed E-state index contributed by atoms with van der Waals surface area (Å²) in [6, 6.07) is 12.0. The Balaban J connectivity index is 1.57. The summed E-state index contributed by atoms with van der Waals surface area (Å²) in [7, 11) is 0. The van der Waals surface area contributed by atoms with Crippen LogP contribution in [-0.4, -0.2) is 28.8 Å². The molecule has 2 heterocycles. The van der Waals surface area contributed by atoms with Crippen LogP contribution in [0.15, 0.2) is 47.1 Å². The number of hydrogen-bond donors (Lipinski definition) is 1. The van der Waals surface area contributed by atoms with Gasteiger partial charge in [0.25, 0.3) is 5.91 Å².